The molecule has 0 bridgehead atoms. The van der Waals surface area contributed by atoms with E-state index in [9.17, 15) is 4.79 Å². The predicted octanol–water partition coefficient (Wildman–Crippen LogP) is 2.51. The van der Waals surface area contributed by atoms with Gasteiger partial charge in [0.05, 0.1) is 0 Å². The third kappa shape index (κ3) is 4.61. The van der Waals surface area contributed by atoms with Crippen molar-refractivity contribution in [1.29, 1.82) is 0 Å². The van der Waals surface area contributed by atoms with Crippen molar-refractivity contribution < 1.29 is 9.63 Å². The summed E-state index contributed by atoms with van der Waals surface area (Å²) in [5.74, 6) is -0.0528. The molecule has 1 aliphatic rings. The molecular formula is C11H21NO2. The molecule has 14 heavy (non-hydrogen) atoms. The third-order valence-electron chi connectivity index (χ3n) is 2.53. The van der Waals surface area contributed by atoms with E-state index in [0.717, 1.165) is 38.8 Å². The van der Waals surface area contributed by atoms with Crippen LogP contribution in [0.3, 0.4) is 0 Å². The van der Waals surface area contributed by atoms with Gasteiger partial charge in [0.15, 0.2) is 0 Å². The monoisotopic (exact) mass is 199 g/mol. The lowest BCUT2D eigenvalue weighted by molar-refractivity contribution is -0.185. The zero-order valence-corrected chi connectivity index (χ0v) is 9.13. The van der Waals surface area contributed by atoms with Crippen LogP contribution in [0, 0.1) is 0 Å². The van der Waals surface area contributed by atoms with Crippen LogP contribution >= 0.6 is 0 Å². The lowest BCUT2D eigenvalue weighted by Gasteiger charge is -2.13. The molecule has 0 saturated carbocycles. The average Bonchev–Trinajstić information content (AvgIpc) is 2.65. The van der Waals surface area contributed by atoms with Gasteiger partial charge in [-0.25, -0.2) is 0 Å². The molecule has 1 saturated heterocycles. The minimum Gasteiger partial charge on any atom is -0.368 e. The summed E-state index contributed by atoms with van der Waals surface area (Å²) in [7, 11) is 0. The molecule has 1 fully saturated rings. The normalized spacial score (nSPS) is 17.2. The Morgan fingerprint density at radius 1 is 1.21 bits per heavy atom. The van der Waals surface area contributed by atoms with Crippen LogP contribution in [0.1, 0.15) is 51.9 Å². The smallest absolute Gasteiger partial charge is 0.325 e. The SMILES string of the molecule is CCCCCCC(=O)ON1CCCC1. The molecule has 1 heterocycles. The molecule has 0 aromatic carbocycles. The number of carbonyl (C=O) groups is 1. The van der Waals surface area contributed by atoms with Crippen LogP contribution in [0.25, 0.3) is 0 Å². The number of nitrogens with zero attached hydrogens (tertiary/aromatic N) is 1. The number of hydroxylamine groups is 2. The molecule has 1 rings (SSSR count). The molecule has 0 spiro atoms. The molecule has 1 aliphatic heterocycles. The van der Waals surface area contributed by atoms with Gasteiger partial charge in [-0.2, -0.15) is 0 Å². The Morgan fingerprint density at radius 2 is 1.93 bits per heavy atom. The summed E-state index contributed by atoms with van der Waals surface area (Å²) in [6, 6.07) is 0. The van der Waals surface area contributed by atoms with Crippen LogP contribution < -0.4 is 0 Å². The molecule has 0 aromatic heterocycles. The largest absolute Gasteiger partial charge is 0.368 e. The second-order valence-electron chi connectivity index (χ2n) is 3.91. The van der Waals surface area contributed by atoms with E-state index in [0.29, 0.717) is 6.42 Å². The van der Waals surface area contributed by atoms with Crippen LogP contribution in [0.5, 0.6) is 0 Å². The second kappa shape index (κ2) is 6.82. The van der Waals surface area contributed by atoms with Crippen LogP contribution in [0.15, 0.2) is 0 Å². The van der Waals surface area contributed by atoms with Gasteiger partial charge in [0.25, 0.3) is 0 Å². The summed E-state index contributed by atoms with van der Waals surface area (Å²) >= 11 is 0. The van der Waals surface area contributed by atoms with E-state index < -0.39 is 0 Å². The van der Waals surface area contributed by atoms with E-state index in [1.807, 2.05) is 0 Å². The topological polar surface area (TPSA) is 29.5 Å². The first-order valence-electron chi connectivity index (χ1n) is 5.78. The summed E-state index contributed by atoms with van der Waals surface area (Å²) in [5.41, 5.74) is 0. The maximum absolute atomic E-state index is 11.3. The van der Waals surface area contributed by atoms with Gasteiger partial charge in [-0.05, 0) is 19.3 Å². The standard InChI is InChI=1S/C11H21NO2/c1-2-3-4-5-8-11(13)14-12-9-6-7-10-12/h2-10H2,1H3. The van der Waals surface area contributed by atoms with Crippen molar-refractivity contribution in [3.8, 4) is 0 Å². The van der Waals surface area contributed by atoms with Crippen molar-refractivity contribution in [2.24, 2.45) is 0 Å². The van der Waals surface area contributed by atoms with Gasteiger partial charge < -0.3 is 4.84 Å². The van der Waals surface area contributed by atoms with Gasteiger partial charge in [0.2, 0.25) is 0 Å². The van der Waals surface area contributed by atoms with E-state index in [1.165, 1.54) is 12.8 Å². The highest BCUT2D eigenvalue weighted by Gasteiger charge is 2.15. The van der Waals surface area contributed by atoms with Gasteiger partial charge in [-0.3, -0.25) is 4.79 Å². The first-order chi connectivity index (χ1) is 6.83. The Bertz CT molecular complexity index is 165. The lowest BCUT2D eigenvalue weighted by Crippen LogP contribution is -2.23. The van der Waals surface area contributed by atoms with Crippen molar-refractivity contribution in [1.82, 2.24) is 5.06 Å². The molecular weight excluding hydrogens is 178 g/mol. The quantitative estimate of drug-likeness (QED) is 0.616. The van der Waals surface area contributed by atoms with Gasteiger partial charge in [0.1, 0.15) is 0 Å². The fourth-order valence-corrected chi connectivity index (χ4v) is 1.67. The molecule has 0 aliphatic carbocycles. The zero-order chi connectivity index (χ0) is 10.2. The van der Waals surface area contributed by atoms with E-state index in [1.54, 1.807) is 5.06 Å². The maximum atomic E-state index is 11.3. The third-order valence-corrected chi connectivity index (χ3v) is 2.53. The summed E-state index contributed by atoms with van der Waals surface area (Å²) in [4.78, 5) is 16.5. The summed E-state index contributed by atoms with van der Waals surface area (Å²) in [5, 5.41) is 1.79. The molecule has 3 heteroatoms. The lowest BCUT2D eigenvalue weighted by atomic mass is 10.2. The maximum Gasteiger partial charge on any atom is 0.325 e. The highest BCUT2D eigenvalue weighted by atomic mass is 16.7. The van der Waals surface area contributed by atoms with Crippen LogP contribution in [0.2, 0.25) is 0 Å². The van der Waals surface area contributed by atoms with Crippen molar-refractivity contribution in [2.45, 2.75) is 51.9 Å². The zero-order valence-electron chi connectivity index (χ0n) is 9.13. The molecule has 0 unspecified atom stereocenters. The fraction of sp³-hybridized carbons (Fsp3) is 0.909. The first-order valence-corrected chi connectivity index (χ1v) is 5.78. The summed E-state index contributed by atoms with van der Waals surface area (Å²) in [6.07, 6.45) is 7.44. The Kier molecular flexibility index (Phi) is 5.60. The van der Waals surface area contributed by atoms with Crippen molar-refractivity contribution in [2.75, 3.05) is 13.1 Å². The second-order valence-corrected chi connectivity index (χ2v) is 3.91. The Hall–Kier alpha value is -0.570. The number of rotatable bonds is 6. The first kappa shape index (κ1) is 11.5. The number of hydrogen-bond acceptors (Lipinski definition) is 3. The predicted molar refractivity (Wildman–Crippen MR) is 55.7 cm³/mol. The van der Waals surface area contributed by atoms with Crippen LogP contribution in [-0.4, -0.2) is 24.1 Å². The number of carbonyl (C=O) groups excluding carboxylic acids is 1. The molecule has 0 aromatic rings. The average molecular weight is 199 g/mol. The van der Waals surface area contributed by atoms with E-state index in [2.05, 4.69) is 6.92 Å². The van der Waals surface area contributed by atoms with Gasteiger partial charge >= 0.3 is 5.97 Å². The van der Waals surface area contributed by atoms with Crippen molar-refractivity contribution in [3.05, 3.63) is 0 Å². The molecule has 0 amide bonds. The van der Waals surface area contributed by atoms with E-state index >= 15 is 0 Å². The van der Waals surface area contributed by atoms with Gasteiger partial charge in [-0.1, -0.05) is 26.2 Å². The minimum atomic E-state index is -0.0528. The van der Waals surface area contributed by atoms with Crippen molar-refractivity contribution >= 4 is 5.97 Å². The molecule has 0 atom stereocenters. The van der Waals surface area contributed by atoms with Gasteiger partial charge in [-0.15, -0.1) is 5.06 Å². The highest BCUT2D eigenvalue weighted by Crippen LogP contribution is 2.10. The highest BCUT2D eigenvalue weighted by molar-refractivity contribution is 5.68. The Labute approximate surface area is 86.4 Å². The van der Waals surface area contributed by atoms with E-state index in [4.69, 9.17) is 4.84 Å². The molecule has 0 N–H and O–H groups in total. The van der Waals surface area contributed by atoms with Crippen molar-refractivity contribution in [3.63, 3.8) is 0 Å². The Morgan fingerprint density at radius 3 is 2.57 bits per heavy atom. The molecule has 3 nitrogen and oxygen atoms in total. The molecule has 82 valence electrons. The minimum absolute atomic E-state index is 0.0528. The Balaban J connectivity index is 1.98. The number of hydrogen-bond donors (Lipinski definition) is 0. The summed E-state index contributed by atoms with van der Waals surface area (Å²) in [6.45, 7) is 4.00. The fourth-order valence-electron chi connectivity index (χ4n) is 1.67. The van der Waals surface area contributed by atoms with E-state index in [-0.39, 0.29) is 5.97 Å². The molecule has 0 radical (unpaired) electrons. The van der Waals surface area contributed by atoms with Gasteiger partial charge in [0, 0.05) is 19.5 Å². The van der Waals surface area contributed by atoms with Crippen LogP contribution in [0.4, 0.5) is 0 Å². The number of unbranched alkanes of at least 4 members (excludes halogenated alkanes) is 3. The summed E-state index contributed by atoms with van der Waals surface area (Å²) < 4.78 is 0. The van der Waals surface area contributed by atoms with Crippen LogP contribution in [-0.2, 0) is 9.63 Å².